The molecule has 0 amide bonds. The summed E-state index contributed by atoms with van der Waals surface area (Å²) in [6.07, 6.45) is 0.786. The Hall–Kier alpha value is -2.72. The van der Waals surface area contributed by atoms with E-state index < -0.39 is 48.5 Å². The summed E-state index contributed by atoms with van der Waals surface area (Å²) in [7, 11) is 0. The van der Waals surface area contributed by atoms with Gasteiger partial charge in [0.1, 0.15) is 42.0 Å². The topological polar surface area (TPSA) is 154 Å². The zero-order chi connectivity index (χ0) is 22.3. The number of carbonyl (C=O) groups excluding carboxylic acids is 2. The molecule has 0 aromatic heterocycles. The SMILES string of the molecule is CC1C/C=C\C(=O)C(O)C(O)C/C=C/c2cc(OCC(O)CO)cc(O)c2C(=O)O1. The third-order valence-electron chi connectivity index (χ3n) is 4.37. The van der Waals surface area contributed by atoms with Gasteiger partial charge in [0.05, 0.1) is 12.7 Å². The number of ketones is 1. The molecule has 0 aliphatic carbocycles. The highest BCUT2D eigenvalue weighted by Gasteiger charge is 2.23. The number of carbonyl (C=O) groups is 2. The van der Waals surface area contributed by atoms with Crippen molar-refractivity contribution >= 4 is 17.8 Å². The molecule has 5 N–H and O–H groups in total. The minimum absolute atomic E-state index is 0.0965. The molecular formula is C21H26O9. The van der Waals surface area contributed by atoms with Gasteiger partial charge in [0, 0.05) is 12.5 Å². The maximum absolute atomic E-state index is 12.6. The van der Waals surface area contributed by atoms with Gasteiger partial charge in [-0.1, -0.05) is 18.2 Å². The molecule has 164 valence electrons. The minimum Gasteiger partial charge on any atom is -0.507 e. The third kappa shape index (κ3) is 6.39. The molecule has 1 aromatic carbocycles. The quantitative estimate of drug-likeness (QED) is 0.432. The molecule has 1 aromatic rings. The number of benzene rings is 1. The lowest BCUT2D eigenvalue weighted by atomic mass is 10.0. The van der Waals surface area contributed by atoms with Crippen molar-refractivity contribution in [3.63, 3.8) is 0 Å². The summed E-state index contributed by atoms with van der Waals surface area (Å²) in [6, 6.07) is 2.60. The fourth-order valence-corrected chi connectivity index (χ4v) is 2.72. The second-order valence-electron chi connectivity index (χ2n) is 6.96. The monoisotopic (exact) mass is 422 g/mol. The Morgan fingerprint density at radius 2 is 1.87 bits per heavy atom. The van der Waals surface area contributed by atoms with Gasteiger partial charge in [0.15, 0.2) is 5.78 Å². The number of phenolic OH excluding ortho intramolecular Hbond substituents is 1. The van der Waals surface area contributed by atoms with Gasteiger partial charge in [-0.15, -0.1) is 0 Å². The molecule has 0 saturated heterocycles. The lowest BCUT2D eigenvalue weighted by molar-refractivity contribution is -0.127. The van der Waals surface area contributed by atoms with Crippen LogP contribution in [0.1, 0.15) is 35.7 Å². The van der Waals surface area contributed by atoms with Gasteiger partial charge >= 0.3 is 5.97 Å². The number of fused-ring (bicyclic) bond motifs is 1. The molecule has 0 fully saturated rings. The number of esters is 1. The van der Waals surface area contributed by atoms with Crippen molar-refractivity contribution in [3.8, 4) is 11.5 Å². The molecule has 2 rings (SSSR count). The first-order valence-electron chi connectivity index (χ1n) is 9.45. The Kier molecular flexibility index (Phi) is 8.55. The van der Waals surface area contributed by atoms with Crippen molar-refractivity contribution in [1.29, 1.82) is 0 Å². The van der Waals surface area contributed by atoms with Crippen LogP contribution in [0.2, 0.25) is 0 Å². The number of ether oxygens (including phenoxy) is 2. The Bertz CT molecular complexity index is 815. The van der Waals surface area contributed by atoms with Crippen LogP contribution in [0.5, 0.6) is 11.5 Å². The van der Waals surface area contributed by atoms with Gasteiger partial charge in [-0.2, -0.15) is 0 Å². The summed E-state index contributed by atoms with van der Waals surface area (Å²) >= 11 is 0. The van der Waals surface area contributed by atoms with Crippen molar-refractivity contribution in [2.24, 2.45) is 0 Å². The van der Waals surface area contributed by atoms with Gasteiger partial charge in [-0.05, 0) is 31.1 Å². The Balaban J connectivity index is 2.40. The van der Waals surface area contributed by atoms with E-state index in [1.807, 2.05) is 0 Å². The smallest absolute Gasteiger partial charge is 0.342 e. The molecule has 30 heavy (non-hydrogen) atoms. The number of aliphatic hydroxyl groups excluding tert-OH is 4. The molecule has 0 bridgehead atoms. The Morgan fingerprint density at radius 3 is 2.57 bits per heavy atom. The number of hydrogen-bond donors (Lipinski definition) is 5. The molecule has 4 atom stereocenters. The maximum atomic E-state index is 12.6. The summed E-state index contributed by atoms with van der Waals surface area (Å²) in [6.45, 7) is 0.859. The van der Waals surface area contributed by atoms with E-state index in [9.17, 15) is 30.0 Å². The van der Waals surface area contributed by atoms with Crippen LogP contribution in [0, 0.1) is 0 Å². The van der Waals surface area contributed by atoms with Gasteiger partial charge in [0.2, 0.25) is 0 Å². The van der Waals surface area contributed by atoms with Crippen LogP contribution in [-0.4, -0.2) is 74.9 Å². The molecule has 9 heteroatoms. The lowest BCUT2D eigenvalue weighted by Crippen LogP contribution is -2.32. The van der Waals surface area contributed by atoms with E-state index in [1.54, 1.807) is 6.92 Å². The zero-order valence-electron chi connectivity index (χ0n) is 16.5. The van der Waals surface area contributed by atoms with Crippen LogP contribution in [0.3, 0.4) is 0 Å². The second-order valence-corrected chi connectivity index (χ2v) is 6.96. The van der Waals surface area contributed by atoms with Crippen LogP contribution < -0.4 is 4.74 Å². The first-order valence-corrected chi connectivity index (χ1v) is 9.45. The summed E-state index contributed by atoms with van der Waals surface area (Å²) in [5, 5.41) is 48.6. The van der Waals surface area contributed by atoms with Crippen molar-refractivity contribution in [2.75, 3.05) is 13.2 Å². The predicted octanol–water partition coefficient (Wildman–Crippen LogP) is 0.324. The van der Waals surface area contributed by atoms with Crippen LogP contribution in [0.4, 0.5) is 0 Å². The third-order valence-corrected chi connectivity index (χ3v) is 4.37. The van der Waals surface area contributed by atoms with Gasteiger partial charge < -0.3 is 35.0 Å². The van der Waals surface area contributed by atoms with Gasteiger partial charge in [0.25, 0.3) is 0 Å². The van der Waals surface area contributed by atoms with E-state index in [0.717, 1.165) is 6.08 Å². The zero-order valence-corrected chi connectivity index (χ0v) is 16.5. The molecule has 9 nitrogen and oxygen atoms in total. The van der Waals surface area contributed by atoms with E-state index in [0.29, 0.717) is 0 Å². The number of aromatic hydroxyl groups is 1. The van der Waals surface area contributed by atoms with Gasteiger partial charge in [-0.3, -0.25) is 4.79 Å². The molecular weight excluding hydrogens is 396 g/mol. The predicted molar refractivity (Wildman–Crippen MR) is 106 cm³/mol. The van der Waals surface area contributed by atoms with E-state index in [-0.39, 0.29) is 36.3 Å². The van der Waals surface area contributed by atoms with Crippen LogP contribution in [0.25, 0.3) is 6.08 Å². The van der Waals surface area contributed by atoms with Crippen molar-refractivity contribution in [2.45, 2.75) is 44.2 Å². The second kappa shape index (κ2) is 10.9. The summed E-state index contributed by atoms with van der Waals surface area (Å²) < 4.78 is 10.6. The van der Waals surface area contributed by atoms with Crippen molar-refractivity contribution in [1.82, 2.24) is 0 Å². The fraction of sp³-hybridized carbons (Fsp3) is 0.429. The first kappa shape index (κ1) is 23.6. The number of cyclic esters (lactones) is 1. The van der Waals surface area contributed by atoms with E-state index in [1.165, 1.54) is 30.4 Å². The average molecular weight is 422 g/mol. The summed E-state index contributed by atoms with van der Waals surface area (Å²) in [4.78, 5) is 24.5. The molecule has 4 unspecified atom stereocenters. The normalized spacial score (nSPS) is 26.1. The standard InChI is InChI=1S/C21H26O9/c1-12-4-2-6-16(24)20(27)17(25)7-3-5-13-8-15(29-11-14(23)10-22)9-18(26)19(13)21(28)30-12/h2-3,5-6,8-9,12,14,17,20,22-23,25-27H,4,7,10-11H2,1H3/b5-3+,6-2-. The summed E-state index contributed by atoms with van der Waals surface area (Å²) in [5.41, 5.74) is 0.0848. The molecule has 1 heterocycles. The largest absolute Gasteiger partial charge is 0.507 e. The molecule has 0 radical (unpaired) electrons. The first-order chi connectivity index (χ1) is 14.2. The highest BCUT2D eigenvalue weighted by molar-refractivity contribution is 5.97. The molecule has 0 saturated carbocycles. The molecule has 0 spiro atoms. The van der Waals surface area contributed by atoms with E-state index in [4.69, 9.17) is 14.6 Å². The number of aliphatic hydroxyl groups is 4. The van der Waals surface area contributed by atoms with Crippen molar-refractivity contribution in [3.05, 3.63) is 41.5 Å². The van der Waals surface area contributed by atoms with E-state index in [2.05, 4.69) is 0 Å². The fourth-order valence-electron chi connectivity index (χ4n) is 2.72. The molecule has 1 aliphatic heterocycles. The summed E-state index contributed by atoms with van der Waals surface area (Å²) in [5.74, 6) is -1.74. The van der Waals surface area contributed by atoms with E-state index >= 15 is 0 Å². The maximum Gasteiger partial charge on any atom is 0.342 e. The minimum atomic E-state index is -1.60. The van der Waals surface area contributed by atoms with Crippen LogP contribution >= 0.6 is 0 Å². The van der Waals surface area contributed by atoms with Gasteiger partial charge in [-0.25, -0.2) is 4.79 Å². The number of hydrogen-bond acceptors (Lipinski definition) is 9. The van der Waals surface area contributed by atoms with Crippen LogP contribution in [0.15, 0.2) is 30.4 Å². The number of rotatable bonds is 4. The average Bonchev–Trinajstić information content (AvgIpc) is 2.70. The molecule has 1 aliphatic rings. The Labute approximate surface area is 173 Å². The Morgan fingerprint density at radius 1 is 1.17 bits per heavy atom. The number of phenols is 1. The highest BCUT2D eigenvalue weighted by atomic mass is 16.5. The highest BCUT2D eigenvalue weighted by Crippen LogP contribution is 2.30. The van der Waals surface area contributed by atoms with Crippen LogP contribution in [-0.2, 0) is 9.53 Å². The van der Waals surface area contributed by atoms with Crippen molar-refractivity contribution < 1.29 is 44.6 Å². The lowest BCUT2D eigenvalue weighted by Gasteiger charge is -2.17.